The maximum Gasteiger partial charge on any atom is 0.134 e. The van der Waals surface area contributed by atoms with Crippen LogP contribution in [0.2, 0.25) is 0 Å². The van der Waals surface area contributed by atoms with Gasteiger partial charge >= 0.3 is 0 Å². The third-order valence-electron chi connectivity index (χ3n) is 4.26. The Bertz CT molecular complexity index is 644. The van der Waals surface area contributed by atoms with E-state index in [-0.39, 0.29) is 11.9 Å². The Morgan fingerprint density at radius 3 is 2.62 bits per heavy atom. The quantitative estimate of drug-likeness (QED) is 0.880. The first-order valence-corrected chi connectivity index (χ1v) is 8.34. The molecule has 0 aliphatic carbocycles. The second kappa shape index (κ2) is 8.06. The van der Waals surface area contributed by atoms with Gasteiger partial charge in [0.15, 0.2) is 0 Å². The molecule has 1 aliphatic rings. The Morgan fingerprint density at radius 1 is 1.17 bits per heavy atom. The zero-order valence-electron chi connectivity index (χ0n) is 13.9. The highest BCUT2D eigenvalue weighted by atomic mass is 19.1. The molecular weight excluding hydrogens is 307 g/mol. The molecule has 1 aromatic carbocycles. The van der Waals surface area contributed by atoms with Crippen LogP contribution in [0.15, 0.2) is 36.7 Å². The molecule has 0 saturated carbocycles. The lowest BCUT2D eigenvalue weighted by molar-refractivity contribution is 0.186. The van der Waals surface area contributed by atoms with Crippen molar-refractivity contribution >= 4 is 11.6 Å². The predicted molar refractivity (Wildman–Crippen MR) is 92.7 cm³/mol. The van der Waals surface area contributed by atoms with E-state index in [1.54, 1.807) is 25.6 Å². The van der Waals surface area contributed by atoms with Crippen LogP contribution in [0, 0.1) is 5.82 Å². The van der Waals surface area contributed by atoms with E-state index in [9.17, 15) is 4.39 Å². The number of methoxy groups -OCH3 is 1. The zero-order valence-corrected chi connectivity index (χ0v) is 13.9. The first-order chi connectivity index (χ1) is 11.8. The summed E-state index contributed by atoms with van der Waals surface area (Å²) in [5, 5.41) is 3.37. The first kappa shape index (κ1) is 16.6. The highest BCUT2D eigenvalue weighted by Gasteiger charge is 2.15. The monoisotopic (exact) mass is 330 g/mol. The molecule has 1 aliphatic heterocycles. The standard InChI is InChI=1S/C18H23FN4O/c1-24-12-16(14-5-7-15(19)8-6-14)22-17-11-18(21-13-20-17)23-9-3-2-4-10-23/h5-8,11,13,16H,2-4,9-10,12H2,1H3,(H,20,21,22). The molecule has 128 valence electrons. The average Bonchev–Trinajstić information content (AvgIpc) is 2.63. The molecule has 24 heavy (non-hydrogen) atoms. The third-order valence-corrected chi connectivity index (χ3v) is 4.26. The maximum atomic E-state index is 13.1. The van der Waals surface area contributed by atoms with Gasteiger partial charge in [-0.05, 0) is 37.0 Å². The minimum Gasteiger partial charge on any atom is -0.382 e. The van der Waals surface area contributed by atoms with E-state index in [4.69, 9.17) is 4.74 Å². The molecule has 0 spiro atoms. The average molecular weight is 330 g/mol. The van der Waals surface area contributed by atoms with Crippen LogP contribution in [0.1, 0.15) is 30.9 Å². The van der Waals surface area contributed by atoms with Crippen LogP contribution in [0.3, 0.4) is 0 Å². The van der Waals surface area contributed by atoms with Gasteiger partial charge in [-0.1, -0.05) is 12.1 Å². The molecule has 0 radical (unpaired) electrons. The van der Waals surface area contributed by atoms with Gasteiger partial charge in [0.25, 0.3) is 0 Å². The van der Waals surface area contributed by atoms with E-state index in [2.05, 4.69) is 20.2 Å². The van der Waals surface area contributed by atoms with E-state index in [0.29, 0.717) is 6.61 Å². The third kappa shape index (κ3) is 4.20. The summed E-state index contributed by atoms with van der Waals surface area (Å²) < 4.78 is 18.4. The van der Waals surface area contributed by atoms with Gasteiger partial charge in [-0.15, -0.1) is 0 Å². The van der Waals surface area contributed by atoms with Crippen molar-refractivity contribution in [1.29, 1.82) is 0 Å². The molecule has 2 heterocycles. The van der Waals surface area contributed by atoms with Gasteiger partial charge in [-0.3, -0.25) is 0 Å². The van der Waals surface area contributed by atoms with Crippen LogP contribution in [0.25, 0.3) is 0 Å². The van der Waals surface area contributed by atoms with E-state index in [0.717, 1.165) is 30.3 Å². The van der Waals surface area contributed by atoms with Crippen LogP contribution < -0.4 is 10.2 Å². The first-order valence-electron chi connectivity index (χ1n) is 8.34. The fraction of sp³-hybridized carbons (Fsp3) is 0.444. The van der Waals surface area contributed by atoms with Crippen LogP contribution >= 0.6 is 0 Å². The SMILES string of the molecule is COCC(Nc1cc(N2CCCCC2)ncn1)c1ccc(F)cc1. The Labute approximate surface area is 141 Å². The highest BCUT2D eigenvalue weighted by Crippen LogP contribution is 2.23. The normalized spacial score (nSPS) is 16.0. The van der Waals surface area contributed by atoms with Crippen molar-refractivity contribution in [2.24, 2.45) is 0 Å². The van der Waals surface area contributed by atoms with Crippen molar-refractivity contribution in [2.45, 2.75) is 25.3 Å². The largest absolute Gasteiger partial charge is 0.382 e. The van der Waals surface area contributed by atoms with Crippen molar-refractivity contribution in [1.82, 2.24) is 9.97 Å². The summed E-state index contributed by atoms with van der Waals surface area (Å²) in [6, 6.07) is 8.31. The van der Waals surface area contributed by atoms with Crippen molar-refractivity contribution < 1.29 is 9.13 Å². The van der Waals surface area contributed by atoms with Crippen molar-refractivity contribution in [3.63, 3.8) is 0 Å². The summed E-state index contributed by atoms with van der Waals surface area (Å²) in [5.74, 6) is 1.45. The summed E-state index contributed by atoms with van der Waals surface area (Å²) in [7, 11) is 1.65. The summed E-state index contributed by atoms with van der Waals surface area (Å²) in [4.78, 5) is 11.0. The summed E-state index contributed by atoms with van der Waals surface area (Å²) >= 11 is 0. The van der Waals surface area contributed by atoms with E-state index < -0.39 is 0 Å². The van der Waals surface area contributed by atoms with Gasteiger partial charge in [-0.25, -0.2) is 14.4 Å². The molecule has 6 heteroatoms. The van der Waals surface area contributed by atoms with Crippen LogP contribution in [0.4, 0.5) is 16.0 Å². The molecular formula is C18H23FN4O. The molecule has 1 aromatic heterocycles. The van der Waals surface area contributed by atoms with Gasteiger partial charge < -0.3 is 15.0 Å². The number of hydrogen-bond acceptors (Lipinski definition) is 5. The summed E-state index contributed by atoms with van der Waals surface area (Å²) in [5.41, 5.74) is 0.955. The number of benzene rings is 1. The van der Waals surface area contributed by atoms with Gasteiger partial charge in [-0.2, -0.15) is 0 Å². The number of piperidine rings is 1. The molecule has 1 saturated heterocycles. The molecule has 3 rings (SSSR count). The molecule has 2 aromatic rings. The minimum atomic E-state index is -0.246. The fourth-order valence-electron chi connectivity index (χ4n) is 2.98. The zero-order chi connectivity index (χ0) is 16.8. The van der Waals surface area contributed by atoms with Gasteiger partial charge in [0, 0.05) is 26.3 Å². The Kier molecular flexibility index (Phi) is 5.59. The number of ether oxygens (including phenoxy) is 1. The lowest BCUT2D eigenvalue weighted by atomic mass is 10.1. The smallest absolute Gasteiger partial charge is 0.134 e. The minimum absolute atomic E-state index is 0.0975. The van der Waals surface area contributed by atoms with Gasteiger partial charge in [0.05, 0.1) is 12.6 Å². The molecule has 1 atom stereocenters. The molecule has 5 nitrogen and oxygen atoms in total. The molecule has 1 unspecified atom stereocenters. The van der Waals surface area contributed by atoms with Crippen LogP contribution in [0.5, 0.6) is 0 Å². The highest BCUT2D eigenvalue weighted by molar-refractivity contribution is 5.49. The number of nitrogens with zero attached hydrogens (tertiary/aromatic N) is 3. The lowest BCUT2D eigenvalue weighted by Gasteiger charge is -2.28. The number of hydrogen-bond donors (Lipinski definition) is 1. The van der Waals surface area contributed by atoms with E-state index in [1.807, 2.05) is 6.07 Å². The van der Waals surface area contributed by atoms with Crippen LogP contribution in [-0.4, -0.2) is 36.8 Å². The Hall–Kier alpha value is -2.21. The topological polar surface area (TPSA) is 50.3 Å². The van der Waals surface area contributed by atoms with Gasteiger partial charge in [0.1, 0.15) is 23.8 Å². The van der Waals surface area contributed by atoms with Crippen molar-refractivity contribution in [3.05, 3.63) is 48.0 Å². The number of halogens is 1. The number of nitrogens with one attached hydrogen (secondary N) is 1. The Balaban J connectivity index is 1.75. The van der Waals surface area contributed by atoms with E-state index >= 15 is 0 Å². The molecule has 0 amide bonds. The summed E-state index contributed by atoms with van der Waals surface area (Å²) in [6.45, 7) is 2.54. The molecule has 1 N–H and O–H groups in total. The molecule has 0 bridgehead atoms. The predicted octanol–water partition coefficient (Wildman–Crippen LogP) is 3.41. The summed E-state index contributed by atoms with van der Waals surface area (Å²) in [6.07, 6.45) is 5.28. The number of rotatable bonds is 6. The van der Waals surface area contributed by atoms with E-state index in [1.165, 1.54) is 31.4 Å². The second-order valence-electron chi connectivity index (χ2n) is 6.01. The van der Waals surface area contributed by atoms with Crippen LogP contribution in [-0.2, 0) is 4.74 Å². The number of anilines is 2. The Morgan fingerprint density at radius 2 is 1.92 bits per heavy atom. The molecule has 1 fully saturated rings. The maximum absolute atomic E-state index is 13.1. The van der Waals surface area contributed by atoms with Crippen molar-refractivity contribution in [3.8, 4) is 0 Å². The second-order valence-corrected chi connectivity index (χ2v) is 6.01. The van der Waals surface area contributed by atoms with Gasteiger partial charge in [0.2, 0.25) is 0 Å². The fourth-order valence-corrected chi connectivity index (χ4v) is 2.98. The van der Waals surface area contributed by atoms with Crippen molar-refractivity contribution in [2.75, 3.05) is 37.0 Å². The lowest BCUT2D eigenvalue weighted by Crippen LogP contribution is -2.30. The number of aromatic nitrogens is 2.